The van der Waals surface area contributed by atoms with Gasteiger partial charge in [-0.05, 0) is 50.3 Å². The van der Waals surface area contributed by atoms with E-state index in [0.717, 1.165) is 18.4 Å². The van der Waals surface area contributed by atoms with Gasteiger partial charge in [0, 0.05) is 6.07 Å². The fourth-order valence-electron chi connectivity index (χ4n) is 3.23. The number of amides is 1. The van der Waals surface area contributed by atoms with Crippen LogP contribution in [0.3, 0.4) is 0 Å². The molecule has 1 saturated carbocycles. The van der Waals surface area contributed by atoms with Gasteiger partial charge in [-0.15, -0.1) is 0 Å². The molecule has 0 bridgehead atoms. The van der Waals surface area contributed by atoms with Gasteiger partial charge in [0.15, 0.2) is 11.5 Å². The minimum Gasteiger partial charge on any atom is -0.490 e. The fraction of sp³-hybridized carbons (Fsp3) is 0.409. The summed E-state index contributed by atoms with van der Waals surface area (Å²) in [5, 5.41) is 2.97. The van der Waals surface area contributed by atoms with Crippen molar-refractivity contribution in [2.24, 2.45) is 5.92 Å². The third-order valence-corrected chi connectivity index (χ3v) is 6.22. The first kappa shape index (κ1) is 22.1. The Labute approximate surface area is 177 Å². The SMILES string of the molecule is CCOc1ccc(S(=O)(=O)NCC(=O)N[C@H](c2ccccc2)C2CC2)cc1OCC. The highest BCUT2D eigenvalue weighted by Crippen LogP contribution is 2.40. The third kappa shape index (κ3) is 5.73. The van der Waals surface area contributed by atoms with E-state index in [9.17, 15) is 13.2 Å². The number of hydrogen-bond acceptors (Lipinski definition) is 5. The third-order valence-electron chi connectivity index (χ3n) is 4.82. The zero-order valence-electron chi connectivity index (χ0n) is 17.3. The average molecular weight is 433 g/mol. The van der Waals surface area contributed by atoms with E-state index in [2.05, 4.69) is 10.0 Å². The van der Waals surface area contributed by atoms with E-state index in [1.165, 1.54) is 12.1 Å². The second-order valence-corrected chi connectivity index (χ2v) is 8.86. The van der Waals surface area contributed by atoms with Gasteiger partial charge in [0.1, 0.15) is 0 Å². The molecule has 1 atom stereocenters. The Kier molecular flexibility index (Phi) is 7.33. The molecule has 162 valence electrons. The quantitative estimate of drug-likeness (QED) is 0.569. The Morgan fingerprint density at radius 3 is 2.33 bits per heavy atom. The molecular weight excluding hydrogens is 404 g/mol. The molecule has 3 rings (SSSR count). The smallest absolute Gasteiger partial charge is 0.241 e. The molecule has 0 spiro atoms. The van der Waals surface area contributed by atoms with Crippen molar-refractivity contribution < 1.29 is 22.7 Å². The van der Waals surface area contributed by atoms with Crippen LogP contribution in [0.25, 0.3) is 0 Å². The van der Waals surface area contributed by atoms with Crippen LogP contribution in [0, 0.1) is 5.92 Å². The summed E-state index contributed by atoms with van der Waals surface area (Å²) in [6, 6.07) is 14.0. The van der Waals surface area contributed by atoms with Crippen LogP contribution >= 0.6 is 0 Å². The maximum Gasteiger partial charge on any atom is 0.241 e. The van der Waals surface area contributed by atoms with Crippen LogP contribution in [-0.4, -0.2) is 34.1 Å². The number of sulfonamides is 1. The molecule has 1 amide bonds. The maximum absolute atomic E-state index is 12.7. The molecule has 0 heterocycles. The summed E-state index contributed by atoms with van der Waals surface area (Å²) in [4.78, 5) is 12.5. The summed E-state index contributed by atoms with van der Waals surface area (Å²) < 4.78 is 38.7. The Balaban J connectivity index is 1.65. The first-order chi connectivity index (χ1) is 14.4. The Hall–Kier alpha value is -2.58. The van der Waals surface area contributed by atoms with Crippen molar-refractivity contribution in [3.8, 4) is 11.5 Å². The molecule has 2 aromatic carbocycles. The van der Waals surface area contributed by atoms with Gasteiger partial charge in [0.05, 0.1) is 30.7 Å². The van der Waals surface area contributed by atoms with E-state index in [1.54, 1.807) is 6.07 Å². The number of benzene rings is 2. The standard InChI is InChI=1S/C22H28N2O5S/c1-3-28-19-13-12-18(14-20(19)29-4-2)30(26,27)23-15-21(25)24-22(17-10-11-17)16-8-6-5-7-9-16/h5-9,12-14,17,22-23H,3-4,10-11,15H2,1-2H3,(H,24,25)/t22-/m1/s1. The molecule has 0 saturated heterocycles. The molecule has 2 N–H and O–H groups in total. The number of carbonyl (C=O) groups is 1. The van der Waals surface area contributed by atoms with Crippen LogP contribution in [0.2, 0.25) is 0 Å². The van der Waals surface area contributed by atoms with Crippen molar-refractivity contribution in [2.45, 2.75) is 37.6 Å². The van der Waals surface area contributed by atoms with Crippen molar-refractivity contribution >= 4 is 15.9 Å². The molecule has 7 nitrogen and oxygen atoms in total. The fourth-order valence-corrected chi connectivity index (χ4v) is 4.23. The van der Waals surface area contributed by atoms with E-state index < -0.39 is 10.0 Å². The minimum atomic E-state index is -3.88. The van der Waals surface area contributed by atoms with Gasteiger partial charge in [-0.3, -0.25) is 4.79 Å². The molecule has 0 aliphatic heterocycles. The Morgan fingerprint density at radius 1 is 1.03 bits per heavy atom. The first-order valence-electron chi connectivity index (χ1n) is 10.2. The van der Waals surface area contributed by atoms with E-state index in [1.807, 2.05) is 44.2 Å². The summed E-state index contributed by atoms with van der Waals surface area (Å²) in [7, 11) is -3.88. The zero-order valence-corrected chi connectivity index (χ0v) is 18.1. The molecule has 0 aromatic heterocycles. The van der Waals surface area contributed by atoms with Crippen molar-refractivity contribution in [3.05, 3.63) is 54.1 Å². The molecular formula is C22H28N2O5S. The second kappa shape index (κ2) is 9.95. The van der Waals surface area contributed by atoms with Crippen molar-refractivity contribution in [3.63, 3.8) is 0 Å². The number of carbonyl (C=O) groups excluding carboxylic acids is 1. The lowest BCUT2D eigenvalue weighted by molar-refractivity contribution is -0.120. The Bertz CT molecular complexity index is 959. The number of nitrogens with one attached hydrogen (secondary N) is 2. The normalized spacial score (nSPS) is 14.7. The average Bonchev–Trinajstić information content (AvgIpc) is 3.58. The molecule has 30 heavy (non-hydrogen) atoms. The predicted molar refractivity (Wildman–Crippen MR) is 114 cm³/mol. The number of ether oxygens (including phenoxy) is 2. The van der Waals surface area contributed by atoms with Crippen molar-refractivity contribution in [2.75, 3.05) is 19.8 Å². The number of hydrogen-bond donors (Lipinski definition) is 2. The lowest BCUT2D eigenvalue weighted by atomic mass is 10.0. The van der Waals surface area contributed by atoms with Crippen molar-refractivity contribution in [1.82, 2.24) is 10.0 Å². The van der Waals surface area contributed by atoms with Crippen LogP contribution in [-0.2, 0) is 14.8 Å². The van der Waals surface area contributed by atoms with Gasteiger partial charge < -0.3 is 14.8 Å². The molecule has 8 heteroatoms. The lowest BCUT2D eigenvalue weighted by Crippen LogP contribution is -2.39. The van der Waals surface area contributed by atoms with Crippen LogP contribution < -0.4 is 19.5 Å². The largest absolute Gasteiger partial charge is 0.490 e. The topological polar surface area (TPSA) is 93.7 Å². The van der Waals surface area contributed by atoms with Crippen LogP contribution in [0.15, 0.2) is 53.4 Å². The molecule has 1 aliphatic rings. The summed E-state index contributed by atoms with van der Waals surface area (Å²) in [6.07, 6.45) is 2.11. The summed E-state index contributed by atoms with van der Waals surface area (Å²) in [6.45, 7) is 4.12. The molecule has 0 radical (unpaired) electrons. The van der Waals surface area contributed by atoms with E-state index in [0.29, 0.717) is 30.6 Å². The van der Waals surface area contributed by atoms with E-state index >= 15 is 0 Å². The van der Waals surface area contributed by atoms with Gasteiger partial charge >= 0.3 is 0 Å². The Morgan fingerprint density at radius 2 is 1.70 bits per heavy atom. The van der Waals surface area contributed by atoms with Gasteiger partial charge in [-0.1, -0.05) is 30.3 Å². The highest BCUT2D eigenvalue weighted by molar-refractivity contribution is 7.89. The summed E-state index contributed by atoms with van der Waals surface area (Å²) in [5.74, 6) is 0.860. The highest BCUT2D eigenvalue weighted by Gasteiger charge is 2.33. The van der Waals surface area contributed by atoms with Crippen LogP contribution in [0.5, 0.6) is 11.5 Å². The van der Waals surface area contributed by atoms with E-state index in [4.69, 9.17) is 9.47 Å². The summed E-state index contributed by atoms with van der Waals surface area (Å²) in [5.41, 5.74) is 1.03. The molecule has 1 aliphatic carbocycles. The van der Waals surface area contributed by atoms with E-state index in [-0.39, 0.29) is 23.4 Å². The van der Waals surface area contributed by atoms with Crippen LogP contribution in [0.4, 0.5) is 0 Å². The monoisotopic (exact) mass is 432 g/mol. The highest BCUT2D eigenvalue weighted by atomic mass is 32.2. The zero-order chi connectivity index (χ0) is 21.6. The summed E-state index contributed by atoms with van der Waals surface area (Å²) >= 11 is 0. The molecule has 1 fully saturated rings. The van der Waals surface area contributed by atoms with Crippen molar-refractivity contribution in [1.29, 1.82) is 0 Å². The molecule has 2 aromatic rings. The minimum absolute atomic E-state index is 0.0176. The maximum atomic E-state index is 12.7. The van der Waals surface area contributed by atoms with Gasteiger partial charge in [-0.25, -0.2) is 13.1 Å². The first-order valence-corrected chi connectivity index (χ1v) is 11.7. The molecule has 0 unspecified atom stereocenters. The second-order valence-electron chi connectivity index (χ2n) is 7.09. The predicted octanol–water partition coefficient (Wildman–Crippen LogP) is 3.03. The van der Waals surface area contributed by atoms with Gasteiger partial charge in [-0.2, -0.15) is 0 Å². The lowest BCUT2D eigenvalue weighted by Gasteiger charge is -2.19. The number of rotatable bonds is 11. The van der Waals surface area contributed by atoms with Gasteiger partial charge in [0.2, 0.25) is 15.9 Å². The van der Waals surface area contributed by atoms with Crippen LogP contribution in [0.1, 0.15) is 38.3 Å². The van der Waals surface area contributed by atoms with Gasteiger partial charge in [0.25, 0.3) is 0 Å².